The van der Waals surface area contributed by atoms with Crippen molar-refractivity contribution in [2.24, 2.45) is 16.5 Å². The highest BCUT2D eigenvalue weighted by Gasteiger charge is 2.23. The molecule has 1 unspecified atom stereocenters. The van der Waals surface area contributed by atoms with Gasteiger partial charge in [0.15, 0.2) is 11.5 Å². The largest absolute Gasteiger partial charge is 0.493 e. The molecule has 0 aliphatic carbocycles. The number of hydrazine groups is 1. The summed E-state index contributed by atoms with van der Waals surface area (Å²) < 4.78 is 16.0. The molecular weight excluding hydrogens is 286 g/mol. The molecule has 1 aliphatic heterocycles. The van der Waals surface area contributed by atoms with Gasteiger partial charge in [-0.2, -0.15) is 0 Å². The van der Waals surface area contributed by atoms with E-state index in [9.17, 15) is 0 Å². The Labute approximate surface area is 129 Å². The first-order chi connectivity index (χ1) is 10.5. The summed E-state index contributed by atoms with van der Waals surface area (Å²) in [5, 5.41) is 1.73. The molecule has 0 amide bonds. The van der Waals surface area contributed by atoms with Crippen LogP contribution in [0.1, 0.15) is 6.92 Å². The molecule has 1 aliphatic rings. The third-order valence-corrected chi connectivity index (χ3v) is 3.19. The Morgan fingerprint density at radius 2 is 1.73 bits per heavy atom. The van der Waals surface area contributed by atoms with Crippen molar-refractivity contribution in [3.63, 3.8) is 0 Å². The van der Waals surface area contributed by atoms with E-state index in [0.29, 0.717) is 17.2 Å². The molecule has 1 heterocycles. The molecule has 0 fully saturated rings. The quantitative estimate of drug-likeness (QED) is 0.728. The fourth-order valence-corrected chi connectivity index (χ4v) is 2.13. The van der Waals surface area contributed by atoms with Crippen molar-refractivity contribution in [2.45, 2.75) is 13.0 Å². The SMILES string of the molecule is COc1cc(N2NC(N)=NC=C2C(C)N)cc(OC)c1OC. The molecule has 120 valence electrons. The Balaban J connectivity index is 2.52. The second-order valence-corrected chi connectivity index (χ2v) is 4.69. The maximum Gasteiger partial charge on any atom is 0.212 e. The lowest BCUT2D eigenvalue weighted by molar-refractivity contribution is 0.324. The molecule has 8 heteroatoms. The van der Waals surface area contributed by atoms with E-state index in [-0.39, 0.29) is 12.0 Å². The van der Waals surface area contributed by atoms with Gasteiger partial charge in [0, 0.05) is 18.2 Å². The lowest BCUT2D eigenvalue weighted by Crippen LogP contribution is -2.50. The van der Waals surface area contributed by atoms with Crippen LogP contribution in [0, 0.1) is 0 Å². The monoisotopic (exact) mass is 307 g/mol. The van der Waals surface area contributed by atoms with Crippen molar-refractivity contribution in [3.05, 3.63) is 24.0 Å². The number of nitrogens with two attached hydrogens (primary N) is 2. The van der Waals surface area contributed by atoms with Gasteiger partial charge >= 0.3 is 0 Å². The number of ether oxygens (including phenoxy) is 3. The third kappa shape index (κ3) is 2.86. The number of rotatable bonds is 5. The van der Waals surface area contributed by atoms with Crippen LogP contribution in [0.4, 0.5) is 5.69 Å². The molecule has 0 saturated heterocycles. The van der Waals surface area contributed by atoms with Gasteiger partial charge in [-0.1, -0.05) is 0 Å². The van der Waals surface area contributed by atoms with Crippen LogP contribution in [0.5, 0.6) is 17.2 Å². The first-order valence-electron chi connectivity index (χ1n) is 6.67. The minimum absolute atomic E-state index is 0.247. The Morgan fingerprint density at radius 1 is 1.14 bits per heavy atom. The van der Waals surface area contributed by atoms with Gasteiger partial charge in [-0.05, 0) is 6.92 Å². The summed E-state index contributed by atoms with van der Waals surface area (Å²) in [6, 6.07) is 3.34. The Morgan fingerprint density at radius 3 is 2.18 bits per heavy atom. The van der Waals surface area contributed by atoms with Gasteiger partial charge in [0.25, 0.3) is 0 Å². The highest BCUT2D eigenvalue weighted by molar-refractivity contribution is 5.83. The van der Waals surface area contributed by atoms with Gasteiger partial charge < -0.3 is 25.7 Å². The van der Waals surface area contributed by atoms with Crippen LogP contribution in [0.15, 0.2) is 29.0 Å². The number of guanidine groups is 1. The first-order valence-corrected chi connectivity index (χ1v) is 6.67. The zero-order valence-corrected chi connectivity index (χ0v) is 13.1. The number of benzene rings is 1. The molecule has 0 bridgehead atoms. The Hall–Kier alpha value is -2.61. The van der Waals surface area contributed by atoms with Crippen LogP contribution in [-0.2, 0) is 0 Å². The summed E-state index contributed by atoms with van der Waals surface area (Å²) >= 11 is 0. The van der Waals surface area contributed by atoms with Gasteiger partial charge in [-0.25, -0.2) is 4.99 Å². The predicted molar refractivity (Wildman–Crippen MR) is 85.1 cm³/mol. The maximum atomic E-state index is 5.99. The van der Waals surface area contributed by atoms with E-state index in [1.165, 1.54) is 0 Å². The minimum atomic E-state index is -0.247. The van der Waals surface area contributed by atoms with E-state index >= 15 is 0 Å². The smallest absolute Gasteiger partial charge is 0.212 e. The van der Waals surface area contributed by atoms with E-state index in [1.54, 1.807) is 44.7 Å². The normalized spacial score (nSPS) is 15.4. The van der Waals surface area contributed by atoms with E-state index in [1.807, 2.05) is 6.92 Å². The average Bonchev–Trinajstić information content (AvgIpc) is 2.52. The number of anilines is 1. The summed E-state index contributed by atoms with van der Waals surface area (Å²) in [5.41, 5.74) is 16.2. The van der Waals surface area contributed by atoms with Crippen molar-refractivity contribution in [1.82, 2.24) is 5.43 Å². The molecule has 1 aromatic carbocycles. The number of nitrogens with one attached hydrogen (secondary N) is 1. The topological polar surface area (TPSA) is 107 Å². The molecule has 8 nitrogen and oxygen atoms in total. The van der Waals surface area contributed by atoms with Crippen LogP contribution < -0.4 is 36.1 Å². The number of nitrogens with zero attached hydrogens (tertiary/aromatic N) is 2. The lowest BCUT2D eigenvalue weighted by atomic mass is 10.2. The summed E-state index contributed by atoms with van der Waals surface area (Å²) in [5.74, 6) is 1.84. The number of aliphatic imine (C=N–C) groups is 1. The first kappa shape index (κ1) is 15.8. The van der Waals surface area contributed by atoms with Crippen molar-refractivity contribution in [3.8, 4) is 17.2 Å². The predicted octanol–water partition coefficient (Wildman–Crippen LogP) is 0.540. The van der Waals surface area contributed by atoms with E-state index in [2.05, 4.69) is 10.4 Å². The zero-order chi connectivity index (χ0) is 16.3. The van der Waals surface area contributed by atoms with Crippen LogP contribution in [0.25, 0.3) is 0 Å². The molecule has 0 aromatic heterocycles. The van der Waals surface area contributed by atoms with Crippen LogP contribution in [0.3, 0.4) is 0 Å². The van der Waals surface area contributed by atoms with Gasteiger partial charge in [0.2, 0.25) is 11.7 Å². The van der Waals surface area contributed by atoms with E-state index < -0.39 is 0 Å². The molecule has 1 atom stereocenters. The fraction of sp³-hybridized carbons (Fsp3) is 0.357. The molecule has 0 radical (unpaired) electrons. The van der Waals surface area contributed by atoms with Gasteiger partial charge in [0.05, 0.1) is 38.9 Å². The fourth-order valence-electron chi connectivity index (χ4n) is 2.13. The van der Waals surface area contributed by atoms with Crippen molar-refractivity contribution >= 4 is 11.6 Å². The summed E-state index contributed by atoms with van der Waals surface area (Å²) in [6.07, 6.45) is 1.62. The van der Waals surface area contributed by atoms with Gasteiger partial charge in [0.1, 0.15) is 0 Å². The van der Waals surface area contributed by atoms with Crippen LogP contribution in [0.2, 0.25) is 0 Å². The molecule has 5 N–H and O–H groups in total. The van der Waals surface area contributed by atoms with E-state index in [0.717, 1.165) is 11.4 Å². The molecule has 1 aromatic rings. The standard InChI is InChI=1S/C14H21N5O3/c1-8(15)10-7-17-14(16)18-19(10)9-5-11(20-2)13(22-4)12(6-9)21-3/h5-8H,15H2,1-4H3,(H3,16,17,18). The summed E-state index contributed by atoms with van der Waals surface area (Å²) in [6.45, 7) is 1.86. The summed E-state index contributed by atoms with van der Waals surface area (Å²) in [4.78, 5) is 4.04. The molecule has 0 saturated carbocycles. The molecule has 2 rings (SSSR count). The van der Waals surface area contributed by atoms with Crippen molar-refractivity contribution in [1.29, 1.82) is 0 Å². The van der Waals surface area contributed by atoms with Gasteiger partial charge in [-0.3, -0.25) is 10.4 Å². The molecule has 0 spiro atoms. The molecule has 22 heavy (non-hydrogen) atoms. The van der Waals surface area contributed by atoms with Crippen molar-refractivity contribution < 1.29 is 14.2 Å². The number of hydrogen-bond donors (Lipinski definition) is 3. The van der Waals surface area contributed by atoms with Crippen LogP contribution in [-0.4, -0.2) is 33.3 Å². The highest BCUT2D eigenvalue weighted by atomic mass is 16.5. The lowest BCUT2D eigenvalue weighted by Gasteiger charge is -2.32. The van der Waals surface area contributed by atoms with Crippen molar-refractivity contribution in [2.75, 3.05) is 26.3 Å². The maximum absolute atomic E-state index is 5.99. The second-order valence-electron chi connectivity index (χ2n) is 4.69. The van der Waals surface area contributed by atoms with Crippen LogP contribution >= 0.6 is 0 Å². The average molecular weight is 307 g/mol. The van der Waals surface area contributed by atoms with E-state index in [4.69, 9.17) is 25.7 Å². The summed E-state index contributed by atoms with van der Waals surface area (Å²) in [7, 11) is 4.67. The Kier molecular flexibility index (Phi) is 4.62. The second kappa shape index (κ2) is 6.44. The molecular formula is C14H21N5O3. The number of hydrogen-bond acceptors (Lipinski definition) is 8. The Bertz CT molecular complexity index is 587. The highest BCUT2D eigenvalue weighted by Crippen LogP contribution is 2.41. The third-order valence-electron chi connectivity index (χ3n) is 3.19. The zero-order valence-electron chi connectivity index (χ0n) is 13.1. The van der Waals surface area contributed by atoms with Gasteiger partial charge in [-0.15, -0.1) is 0 Å². The minimum Gasteiger partial charge on any atom is -0.493 e. The number of methoxy groups -OCH3 is 3.